The van der Waals surface area contributed by atoms with E-state index in [2.05, 4.69) is 15.1 Å². The van der Waals surface area contributed by atoms with Gasteiger partial charge in [0.25, 0.3) is 0 Å². The first-order valence-corrected chi connectivity index (χ1v) is 11.3. The number of hydrogen-bond acceptors (Lipinski definition) is 4. The highest BCUT2D eigenvalue weighted by Crippen LogP contribution is 2.13. The molecular weight excluding hydrogens is 431 g/mol. The van der Waals surface area contributed by atoms with Gasteiger partial charge >= 0.3 is 0 Å². The van der Waals surface area contributed by atoms with Crippen LogP contribution in [0.2, 0.25) is 5.02 Å². The highest BCUT2D eigenvalue weighted by atomic mass is 35.5. The summed E-state index contributed by atoms with van der Waals surface area (Å²) in [5, 5.41) is 3.53. The summed E-state index contributed by atoms with van der Waals surface area (Å²) in [6, 6.07) is 13.9. The number of hydrogen-bond donors (Lipinski definition) is 1. The minimum absolute atomic E-state index is 0.0209. The lowest BCUT2D eigenvalue weighted by molar-refractivity contribution is -0.137. The van der Waals surface area contributed by atoms with E-state index < -0.39 is 0 Å². The lowest BCUT2D eigenvalue weighted by Crippen LogP contribution is -2.50. The first-order valence-electron chi connectivity index (χ1n) is 10.9. The number of carbonyl (C=O) groups is 2. The van der Waals surface area contributed by atoms with E-state index in [-0.39, 0.29) is 24.2 Å². The van der Waals surface area contributed by atoms with E-state index in [1.807, 2.05) is 31.2 Å². The second-order valence-electron chi connectivity index (χ2n) is 7.99. The molecule has 32 heavy (non-hydrogen) atoms. The summed E-state index contributed by atoms with van der Waals surface area (Å²) >= 11 is 5.95. The molecule has 2 aromatic rings. The van der Waals surface area contributed by atoms with Crippen LogP contribution < -0.4 is 5.32 Å². The fourth-order valence-corrected chi connectivity index (χ4v) is 3.78. The molecule has 0 unspecified atom stereocenters. The van der Waals surface area contributed by atoms with Gasteiger partial charge in [-0.15, -0.1) is 0 Å². The summed E-state index contributed by atoms with van der Waals surface area (Å²) < 4.78 is 13.0. The number of nitrogens with zero attached hydrogens (tertiary/aromatic N) is 3. The summed E-state index contributed by atoms with van der Waals surface area (Å²) in [5.41, 5.74) is 2.04. The molecule has 1 N–H and O–H groups in total. The Morgan fingerprint density at radius 1 is 0.969 bits per heavy atom. The zero-order chi connectivity index (χ0) is 22.9. The molecule has 0 aromatic heterocycles. The van der Waals surface area contributed by atoms with Crippen LogP contribution in [0.25, 0.3) is 0 Å². The molecule has 0 bridgehead atoms. The third-order valence-electron chi connectivity index (χ3n) is 5.62. The summed E-state index contributed by atoms with van der Waals surface area (Å²) in [5.74, 6) is -0.582. The van der Waals surface area contributed by atoms with Gasteiger partial charge in [0.15, 0.2) is 0 Å². The first-order chi connectivity index (χ1) is 15.4. The van der Waals surface area contributed by atoms with Crippen LogP contribution in [0.15, 0.2) is 48.5 Å². The van der Waals surface area contributed by atoms with E-state index in [4.69, 9.17) is 11.6 Å². The first kappa shape index (κ1) is 24.2. The van der Waals surface area contributed by atoms with Crippen LogP contribution >= 0.6 is 11.6 Å². The van der Waals surface area contributed by atoms with Gasteiger partial charge < -0.3 is 10.2 Å². The Morgan fingerprint density at radius 2 is 1.56 bits per heavy atom. The van der Waals surface area contributed by atoms with E-state index in [0.717, 1.165) is 43.3 Å². The summed E-state index contributed by atoms with van der Waals surface area (Å²) in [7, 11) is 0. The van der Waals surface area contributed by atoms with Crippen LogP contribution in [0.1, 0.15) is 18.1 Å². The van der Waals surface area contributed by atoms with Crippen molar-refractivity contribution in [2.45, 2.75) is 20.0 Å². The predicted octanol–water partition coefficient (Wildman–Crippen LogP) is 2.76. The molecule has 1 saturated heterocycles. The normalized spacial score (nSPS) is 14.8. The van der Waals surface area contributed by atoms with Gasteiger partial charge in [0.05, 0.1) is 13.1 Å². The number of halogens is 2. The second kappa shape index (κ2) is 11.9. The van der Waals surface area contributed by atoms with Crippen LogP contribution in [0.3, 0.4) is 0 Å². The topological polar surface area (TPSA) is 55.9 Å². The van der Waals surface area contributed by atoms with Gasteiger partial charge in [-0.05, 0) is 42.3 Å². The van der Waals surface area contributed by atoms with Gasteiger partial charge in [-0.25, -0.2) is 4.39 Å². The number of nitrogens with one attached hydrogen (secondary N) is 1. The standard InChI is InChI=1S/C24H30ClFN4O2/c1-2-30(17-23(31)27-15-19-5-9-22(26)10-6-19)24(32)18-29-13-11-28(12-14-29)16-20-3-7-21(25)8-4-20/h3-10H,2,11-18H2,1H3,(H,27,31). The molecule has 0 saturated carbocycles. The van der Waals surface area contributed by atoms with Crippen LogP contribution in [-0.2, 0) is 22.7 Å². The quantitative estimate of drug-likeness (QED) is 0.625. The average Bonchev–Trinajstić information content (AvgIpc) is 2.80. The van der Waals surface area contributed by atoms with Crippen molar-refractivity contribution in [2.75, 3.05) is 45.8 Å². The van der Waals surface area contributed by atoms with Crippen molar-refractivity contribution in [1.29, 1.82) is 0 Å². The number of carbonyl (C=O) groups excluding carboxylic acids is 2. The fourth-order valence-electron chi connectivity index (χ4n) is 3.65. The molecular formula is C24H30ClFN4O2. The number of likely N-dealkylation sites (N-methyl/N-ethyl adjacent to an activating group) is 1. The van der Waals surface area contributed by atoms with Crippen molar-refractivity contribution in [1.82, 2.24) is 20.0 Å². The van der Waals surface area contributed by atoms with E-state index in [0.29, 0.717) is 19.6 Å². The number of benzene rings is 2. The molecule has 172 valence electrons. The Bertz CT molecular complexity index is 884. The molecule has 2 amide bonds. The highest BCUT2D eigenvalue weighted by molar-refractivity contribution is 6.30. The van der Waals surface area contributed by atoms with E-state index in [1.165, 1.54) is 17.7 Å². The van der Waals surface area contributed by atoms with Gasteiger partial charge in [-0.3, -0.25) is 19.4 Å². The van der Waals surface area contributed by atoms with Gasteiger partial charge in [-0.2, -0.15) is 0 Å². The summed E-state index contributed by atoms with van der Waals surface area (Å²) in [6.45, 7) is 7.26. The monoisotopic (exact) mass is 460 g/mol. The van der Waals surface area contributed by atoms with E-state index >= 15 is 0 Å². The maximum Gasteiger partial charge on any atom is 0.239 e. The Labute approximate surface area is 193 Å². The minimum atomic E-state index is -0.311. The molecule has 3 rings (SSSR count). The van der Waals surface area contributed by atoms with Gasteiger partial charge in [0, 0.05) is 50.8 Å². The molecule has 1 aliphatic heterocycles. The Hall–Kier alpha value is -2.48. The van der Waals surface area contributed by atoms with E-state index in [9.17, 15) is 14.0 Å². The SMILES string of the molecule is CCN(CC(=O)NCc1ccc(F)cc1)C(=O)CN1CCN(Cc2ccc(Cl)cc2)CC1. The third-order valence-corrected chi connectivity index (χ3v) is 5.87. The molecule has 2 aromatic carbocycles. The fraction of sp³-hybridized carbons (Fsp3) is 0.417. The largest absolute Gasteiger partial charge is 0.350 e. The molecule has 1 fully saturated rings. The van der Waals surface area contributed by atoms with Crippen LogP contribution in [0, 0.1) is 5.82 Å². The summed E-state index contributed by atoms with van der Waals surface area (Å²) in [6.07, 6.45) is 0. The van der Waals surface area contributed by atoms with Gasteiger partial charge in [0.2, 0.25) is 11.8 Å². The molecule has 1 aliphatic rings. The van der Waals surface area contributed by atoms with Crippen LogP contribution in [0.5, 0.6) is 0 Å². The van der Waals surface area contributed by atoms with Crippen molar-refractivity contribution < 1.29 is 14.0 Å². The molecule has 1 heterocycles. The zero-order valence-corrected chi connectivity index (χ0v) is 19.2. The predicted molar refractivity (Wildman–Crippen MR) is 124 cm³/mol. The molecule has 0 radical (unpaired) electrons. The number of amides is 2. The van der Waals surface area contributed by atoms with E-state index in [1.54, 1.807) is 17.0 Å². The second-order valence-corrected chi connectivity index (χ2v) is 8.43. The van der Waals surface area contributed by atoms with Gasteiger partial charge in [0.1, 0.15) is 5.82 Å². The van der Waals surface area contributed by atoms with Crippen molar-refractivity contribution >= 4 is 23.4 Å². The zero-order valence-electron chi connectivity index (χ0n) is 18.4. The van der Waals surface area contributed by atoms with Crippen LogP contribution in [-0.4, -0.2) is 72.3 Å². The van der Waals surface area contributed by atoms with Crippen molar-refractivity contribution in [3.8, 4) is 0 Å². The maximum absolute atomic E-state index is 13.0. The van der Waals surface area contributed by atoms with Crippen molar-refractivity contribution in [3.63, 3.8) is 0 Å². The maximum atomic E-state index is 13.0. The number of rotatable bonds is 9. The molecule has 0 spiro atoms. The molecule has 6 nitrogen and oxygen atoms in total. The lowest BCUT2D eigenvalue weighted by Gasteiger charge is -2.35. The Kier molecular flexibility index (Phi) is 9.02. The Balaban J connectivity index is 1.39. The molecule has 8 heteroatoms. The van der Waals surface area contributed by atoms with Crippen LogP contribution in [0.4, 0.5) is 4.39 Å². The summed E-state index contributed by atoms with van der Waals surface area (Å²) in [4.78, 5) is 31.1. The third kappa shape index (κ3) is 7.58. The van der Waals surface area contributed by atoms with Crippen molar-refractivity contribution in [3.05, 3.63) is 70.5 Å². The van der Waals surface area contributed by atoms with Gasteiger partial charge in [-0.1, -0.05) is 35.9 Å². The Morgan fingerprint density at radius 3 is 2.19 bits per heavy atom. The molecule has 0 aliphatic carbocycles. The average molecular weight is 461 g/mol. The minimum Gasteiger partial charge on any atom is -0.350 e. The lowest BCUT2D eigenvalue weighted by atomic mass is 10.2. The number of piperazine rings is 1. The smallest absolute Gasteiger partial charge is 0.239 e. The van der Waals surface area contributed by atoms with Crippen molar-refractivity contribution in [2.24, 2.45) is 0 Å². The molecule has 0 atom stereocenters. The highest BCUT2D eigenvalue weighted by Gasteiger charge is 2.22.